The number of nitrogens with zero attached hydrogens (tertiary/aromatic N) is 2. The summed E-state index contributed by atoms with van der Waals surface area (Å²) >= 11 is 0. The second kappa shape index (κ2) is 8.00. The molecule has 2 N–H and O–H groups in total. The molecule has 1 saturated carbocycles. The molecule has 1 atom stereocenters. The summed E-state index contributed by atoms with van der Waals surface area (Å²) in [7, 11) is 0. The Kier molecular flexibility index (Phi) is 5.28. The highest BCUT2D eigenvalue weighted by molar-refractivity contribution is 5.99. The van der Waals surface area contributed by atoms with Crippen LogP contribution in [0.1, 0.15) is 54.6 Å². The average Bonchev–Trinajstić information content (AvgIpc) is 3.43. The van der Waals surface area contributed by atoms with Crippen molar-refractivity contribution in [3.63, 3.8) is 0 Å². The summed E-state index contributed by atoms with van der Waals surface area (Å²) in [4.78, 5) is 31.3. The van der Waals surface area contributed by atoms with Crippen LogP contribution in [0.25, 0.3) is 0 Å². The highest BCUT2D eigenvalue weighted by Gasteiger charge is 2.29. The van der Waals surface area contributed by atoms with Crippen LogP contribution in [0.2, 0.25) is 0 Å². The van der Waals surface area contributed by atoms with E-state index in [4.69, 9.17) is 0 Å². The first kappa shape index (κ1) is 18.5. The molecule has 2 amide bonds. The first-order valence-electron chi connectivity index (χ1n) is 10.0. The Balaban J connectivity index is 1.41. The maximum Gasteiger partial charge on any atom is 0.255 e. The normalized spacial score (nSPS) is 17.2. The standard InChI is InChI=1S/C22H26N4O2/c1-15(16-8-10-18(11-9-16)25-21(27)17-6-7-17)24-22(28)19-5-4-12-23-20(19)26-13-2-3-14-26/h4-5,8-12,15,17H,2-3,6-7,13-14H2,1H3,(H,24,28)(H,25,27). The zero-order valence-electron chi connectivity index (χ0n) is 16.1. The monoisotopic (exact) mass is 378 g/mol. The van der Waals surface area contributed by atoms with Gasteiger partial charge in [-0.15, -0.1) is 0 Å². The Hall–Kier alpha value is -2.89. The van der Waals surface area contributed by atoms with Crippen LogP contribution in [-0.2, 0) is 4.79 Å². The molecule has 1 aromatic heterocycles. The van der Waals surface area contributed by atoms with Crippen LogP contribution in [-0.4, -0.2) is 29.9 Å². The predicted molar refractivity (Wildman–Crippen MR) is 109 cm³/mol. The highest BCUT2D eigenvalue weighted by Crippen LogP contribution is 2.30. The summed E-state index contributed by atoms with van der Waals surface area (Å²) < 4.78 is 0. The van der Waals surface area contributed by atoms with Crippen molar-refractivity contribution in [2.75, 3.05) is 23.3 Å². The molecule has 0 radical (unpaired) electrons. The van der Waals surface area contributed by atoms with Gasteiger partial charge in [-0.25, -0.2) is 4.98 Å². The van der Waals surface area contributed by atoms with Gasteiger partial charge in [0.2, 0.25) is 5.91 Å². The van der Waals surface area contributed by atoms with Crippen molar-refractivity contribution in [3.8, 4) is 0 Å². The van der Waals surface area contributed by atoms with E-state index in [1.54, 1.807) is 12.3 Å². The number of nitrogens with one attached hydrogen (secondary N) is 2. The summed E-state index contributed by atoms with van der Waals surface area (Å²) in [5.74, 6) is 0.929. The van der Waals surface area contributed by atoms with Crippen molar-refractivity contribution in [2.45, 2.75) is 38.6 Å². The molecule has 1 aromatic carbocycles. The molecule has 1 aliphatic heterocycles. The molecule has 0 bridgehead atoms. The molecule has 0 spiro atoms. The maximum absolute atomic E-state index is 12.9. The highest BCUT2D eigenvalue weighted by atomic mass is 16.2. The maximum atomic E-state index is 12.9. The summed E-state index contributed by atoms with van der Waals surface area (Å²) in [6, 6.07) is 11.1. The molecule has 6 heteroatoms. The quantitative estimate of drug-likeness (QED) is 0.807. The topological polar surface area (TPSA) is 74.3 Å². The predicted octanol–water partition coefficient (Wildman–Crippen LogP) is 3.52. The molecule has 1 aliphatic carbocycles. The van der Waals surface area contributed by atoms with Crippen molar-refractivity contribution in [1.29, 1.82) is 0 Å². The van der Waals surface area contributed by atoms with Gasteiger partial charge in [0, 0.05) is 30.9 Å². The van der Waals surface area contributed by atoms with E-state index in [9.17, 15) is 9.59 Å². The molecule has 146 valence electrons. The van der Waals surface area contributed by atoms with Crippen molar-refractivity contribution < 1.29 is 9.59 Å². The van der Waals surface area contributed by atoms with Gasteiger partial charge in [-0.3, -0.25) is 9.59 Å². The van der Waals surface area contributed by atoms with Crippen LogP contribution in [0.3, 0.4) is 0 Å². The lowest BCUT2D eigenvalue weighted by Crippen LogP contribution is -2.30. The molecule has 2 fully saturated rings. The Bertz CT molecular complexity index is 855. The van der Waals surface area contributed by atoms with Gasteiger partial charge in [-0.2, -0.15) is 0 Å². The van der Waals surface area contributed by atoms with Gasteiger partial charge < -0.3 is 15.5 Å². The van der Waals surface area contributed by atoms with Crippen LogP contribution in [0, 0.1) is 5.92 Å². The van der Waals surface area contributed by atoms with Crippen molar-refractivity contribution >= 4 is 23.3 Å². The molecular weight excluding hydrogens is 352 g/mol. The van der Waals surface area contributed by atoms with E-state index < -0.39 is 0 Å². The fraction of sp³-hybridized carbons (Fsp3) is 0.409. The van der Waals surface area contributed by atoms with E-state index in [1.807, 2.05) is 37.3 Å². The minimum Gasteiger partial charge on any atom is -0.356 e. The van der Waals surface area contributed by atoms with Crippen LogP contribution in [0.5, 0.6) is 0 Å². The third kappa shape index (κ3) is 4.16. The van der Waals surface area contributed by atoms with Gasteiger partial charge in [0.1, 0.15) is 5.82 Å². The number of amides is 2. The largest absolute Gasteiger partial charge is 0.356 e. The Labute approximate surface area is 165 Å². The zero-order chi connectivity index (χ0) is 19.5. The van der Waals surface area contributed by atoms with E-state index in [1.165, 1.54) is 0 Å². The fourth-order valence-corrected chi connectivity index (χ4v) is 3.56. The van der Waals surface area contributed by atoms with Crippen molar-refractivity contribution in [2.24, 2.45) is 5.92 Å². The fourth-order valence-electron chi connectivity index (χ4n) is 3.56. The lowest BCUT2D eigenvalue weighted by molar-refractivity contribution is -0.117. The van der Waals surface area contributed by atoms with Crippen molar-refractivity contribution in [3.05, 3.63) is 53.7 Å². The minimum absolute atomic E-state index is 0.0973. The van der Waals surface area contributed by atoms with E-state index in [-0.39, 0.29) is 23.8 Å². The molecule has 1 saturated heterocycles. The number of aromatic nitrogens is 1. The number of carbonyl (C=O) groups excluding carboxylic acids is 2. The van der Waals surface area contributed by atoms with Gasteiger partial charge in [0.15, 0.2) is 0 Å². The summed E-state index contributed by atoms with van der Waals surface area (Å²) in [6.07, 6.45) is 5.99. The number of hydrogen-bond donors (Lipinski definition) is 2. The Morgan fingerprint density at radius 3 is 2.50 bits per heavy atom. The van der Waals surface area contributed by atoms with Gasteiger partial charge in [-0.1, -0.05) is 12.1 Å². The zero-order valence-corrected chi connectivity index (χ0v) is 16.1. The number of hydrogen-bond acceptors (Lipinski definition) is 4. The van der Waals surface area contributed by atoms with E-state index >= 15 is 0 Å². The van der Waals surface area contributed by atoms with Gasteiger partial charge in [0.25, 0.3) is 5.91 Å². The first-order chi connectivity index (χ1) is 13.6. The van der Waals surface area contributed by atoms with E-state index in [2.05, 4.69) is 20.5 Å². The second-order valence-corrected chi connectivity index (χ2v) is 7.65. The molecule has 2 heterocycles. The summed E-state index contributed by atoms with van der Waals surface area (Å²) in [6.45, 7) is 3.85. The van der Waals surface area contributed by atoms with Gasteiger partial charge >= 0.3 is 0 Å². The third-order valence-corrected chi connectivity index (χ3v) is 5.41. The number of anilines is 2. The summed E-state index contributed by atoms with van der Waals surface area (Å²) in [5, 5.41) is 6.01. The van der Waals surface area contributed by atoms with E-state index in [0.717, 1.165) is 55.8 Å². The minimum atomic E-state index is -0.146. The molecule has 2 aromatic rings. The number of pyridine rings is 1. The molecule has 1 unspecified atom stereocenters. The third-order valence-electron chi connectivity index (χ3n) is 5.41. The lowest BCUT2D eigenvalue weighted by atomic mass is 10.1. The number of rotatable bonds is 6. The number of carbonyl (C=O) groups is 2. The van der Waals surface area contributed by atoms with Crippen LogP contribution < -0.4 is 15.5 Å². The molecule has 2 aliphatic rings. The lowest BCUT2D eigenvalue weighted by Gasteiger charge is -2.21. The van der Waals surface area contributed by atoms with Crippen LogP contribution in [0.15, 0.2) is 42.6 Å². The SMILES string of the molecule is CC(NC(=O)c1cccnc1N1CCCC1)c1ccc(NC(=O)C2CC2)cc1. The molecule has 28 heavy (non-hydrogen) atoms. The van der Waals surface area contributed by atoms with Crippen LogP contribution in [0.4, 0.5) is 11.5 Å². The van der Waals surface area contributed by atoms with Crippen molar-refractivity contribution in [1.82, 2.24) is 10.3 Å². The summed E-state index contributed by atoms with van der Waals surface area (Å²) in [5.41, 5.74) is 2.40. The van der Waals surface area contributed by atoms with Crippen LogP contribution >= 0.6 is 0 Å². The molecular formula is C22H26N4O2. The number of benzene rings is 1. The van der Waals surface area contributed by atoms with Gasteiger partial charge in [-0.05, 0) is 62.4 Å². The Morgan fingerprint density at radius 2 is 1.82 bits per heavy atom. The molecule has 6 nitrogen and oxygen atoms in total. The average molecular weight is 378 g/mol. The first-order valence-corrected chi connectivity index (χ1v) is 10.0. The second-order valence-electron chi connectivity index (χ2n) is 7.65. The van der Waals surface area contributed by atoms with E-state index in [0.29, 0.717) is 5.56 Å². The molecule has 4 rings (SSSR count). The Morgan fingerprint density at radius 1 is 1.11 bits per heavy atom. The smallest absolute Gasteiger partial charge is 0.255 e. The van der Waals surface area contributed by atoms with Gasteiger partial charge in [0.05, 0.1) is 11.6 Å².